The number of rotatable bonds is 33. The van der Waals surface area contributed by atoms with Gasteiger partial charge in [0.15, 0.2) is 11.5 Å². The highest BCUT2D eigenvalue weighted by Gasteiger charge is 2.40. The van der Waals surface area contributed by atoms with E-state index in [0.717, 1.165) is 210 Å². The summed E-state index contributed by atoms with van der Waals surface area (Å²) in [6.45, 7) is 14.8. The lowest BCUT2D eigenvalue weighted by Gasteiger charge is -2.30. The van der Waals surface area contributed by atoms with Gasteiger partial charge in [0, 0.05) is 104 Å². The lowest BCUT2D eigenvalue weighted by atomic mass is 9.99. The largest absolute Gasteiger partial charge is 0.504 e. The number of hydrogen-bond acceptors (Lipinski definition) is 20. The summed E-state index contributed by atoms with van der Waals surface area (Å²) < 4.78 is 23.1. The van der Waals surface area contributed by atoms with Crippen LogP contribution >= 0.6 is 81.2 Å². The van der Waals surface area contributed by atoms with Gasteiger partial charge in [-0.15, -0.1) is 0 Å². The first-order valence-electron chi connectivity index (χ1n) is 45.8. The first kappa shape index (κ1) is 97.1. The number of anilines is 3. The van der Waals surface area contributed by atoms with E-state index < -0.39 is 42.5 Å². The van der Waals surface area contributed by atoms with Gasteiger partial charge >= 0.3 is 0 Å². The molecule has 10 N–H and O–H groups in total. The number of amides is 3. The number of aliphatic hydroxyl groups is 4. The highest BCUT2D eigenvalue weighted by atomic mass is 35.5. The number of aromatic hydroxyl groups is 1. The number of hydrogen-bond donors (Lipinski definition) is 9. The smallest absolute Gasteiger partial charge is 0.225 e. The van der Waals surface area contributed by atoms with Crippen molar-refractivity contribution in [3.05, 3.63) is 197 Å². The molecule has 0 bridgehead atoms. The standard InChI is InChI=1S/C27H33Cl2N3O4.2C27H33Cl2N3O3.C16H23ClN2O2.CH4/c28-19-3-5-20(6-4-19)32-12-9-17(15-32)27(35)30-23(16-31-10-1-2-11-31)25(34)18-13-22(29)26(24(33)14-18)36-21-7-8-21;2*28-20-4-6-21(7-5-20)32-14-11-19(16-32)27(34)30-24(17-31-12-1-2-13-31)26(33)18-3-10-25(23(29)15-18)35-22-8-9-22;17-13-9-11(3-6-15(13)21-12-4-5-12)16(20)14(18)10-19-7-1-2-8-19;/h3-6,13-14,17,21,23,25,33-34H,1-2,7-12,15-16H2,(H,30,35);2*3-7,10,15,19,22,24,26,33H,1-2,8-9,11-14,16-17H2,(H,30,34);3,6,9,12,14,16,20H,1-2,4-5,7-8,10,18H2;1H4/t17?,23-,25-;19-,24+,26+;19-,24-,26-;14-,16-;/m1011./s1. The molecule has 11 fully saturated rings. The van der Waals surface area contributed by atoms with Gasteiger partial charge in [-0.25, -0.2) is 0 Å². The molecule has 1 unspecified atom stereocenters. The Morgan fingerprint density at radius 2 is 0.617 bits per heavy atom. The summed E-state index contributed by atoms with van der Waals surface area (Å²) >= 11 is 43.6. The lowest BCUT2D eigenvalue weighted by Crippen LogP contribution is -2.48. The van der Waals surface area contributed by atoms with Crippen molar-refractivity contribution in [3.8, 4) is 28.7 Å². The number of nitrogens with zero attached hydrogens (tertiary/aromatic N) is 7. The number of phenolic OH excluding ortho intramolecular Hbond substituents is 1. The Hall–Kier alpha value is -6.98. The molecule has 0 aromatic heterocycles. The van der Waals surface area contributed by atoms with Crippen LogP contribution in [0.15, 0.2) is 140 Å². The van der Waals surface area contributed by atoms with Crippen molar-refractivity contribution in [2.75, 3.05) is 133 Å². The minimum atomic E-state index is -1.03. The molecule has 18 rings (SSSR count). The molecular weight excluding hydrogens is 1770 g/mol. The van der Waals surface area contributed by atoms with E-state index in [9.17, 15) is 39.9 Å². The predicted octanol–water partition coefficient (Wildman–Crippen LogP) is 16.7. The van der Waals surface area contributed by atoms with E-state index >= 15 is 0 Å². The van der Waals surface area contributed by atoms with Gasteiger partial charge in [0.25, 0.3) is 0 Å². The third-order valence-electron chi connectivity index (χ3n) is 26.0. The third kappa shape index (κ3) is 27.6. The molecular formula is C98H126Cl7N11O12. The maximum Gasteiger partial charge on any atom is 0.225 e. The van der Waals surface area contributed by atoms with Crippen LogP contribution in [0.1, 0.15) is 176 Å². The second kappa shape index (κ2) is 46.1. The minimum absolute atomic E-state index is 0. The van der Waals surface area contributed by atoms with Crippen LogP contribution in [-0.4, -0.2) is 229 Å². The van der Waals surface area contributed by atoms with Crippen LogP contribution in [0.2, 0.25) is 35.2 Å². The van der Waals surface area contributed by atoms with Gasteiger partial charge in [-0.05, 0) is 318 Å². The summed E-state index contributed by atoms with van der Waals surface area (Å²) in [5, 5.41) is 68.4. The molecule has 4 aliphatic carbocycles. The van der Waals surface area contributed by atoms with Crippen LogP contribution < -0.4 is 55.3 Å². The summed E-state index contributed by atoms with van der Waals surface area (Å²) in [7, 11) is 0. The van der Waals surface area contributed by atoms with E-state index in [1.165, 1.54) is 18.9 Å². The van der Waals surface area contributed by atoms with Crippen LogP contribution in [0.3, 0.4) is 0 Å². The molecule has 7 aliphatic heterocycles. The molecule has 0 spiro atoms. The second-order valence-corrected chi connectivity index (χ2v) is 39.2. The SMILES string of the molecule is C.N[C@H](CN1CCCC1)[C@H](O)c1ccc(OC2CC2)c(Cl)c1.O=C(N[C@H](CN1CCCC1)[C@H](O)c1cc(O)c(OC2CC2)c(Cl)c1)C1CCN(c2ccc(Cl)cc2)C1.O=C(N[C@H](CN1CCCC1)[C@H](O)c1ccc(OC2CC2)c(Cl)c1)[C@@H]1CCN(c2ccc(Cl)cc2)C1.O=C(N[C@H](CN1CCCC1)[C@H](O)c1ccc(OC2CC2)c(Cl)c1)[C@H]1CCN(c2ccc(Cl)cc2)C1. The van der Waals surface area contributed by atoms with Gasteiger partial charge in [0.2, 0.25) is 17.7 Å². The molecule has 30 heteroatoms. The number of aliphatic hydroxyl groups excluding tert-OH is 4. The van der Waals surface area contributed by atoms with Gasteiger partial charge in [-0.2, -0.15) is 0 Å². The summed E-state index contributed by atoms with van der Waals surface area (Å²) in [5.74, 6) is 1.63. The van der Waals surface area contributed by atoms with Gasteiger partial charge in [0.1, 0.15) is 35.6 Å². The van der Waals surface area contributed by atoms with E-state index in [4.69, 9.17) is 106 Å². The van der Waals surface area contributed by atoms with Crippen molar-refractivity contribution < 1.29 is 58.9 Å². The average molecular weight is 1900 g/mol. The number of phenols is 1. The zero-order valence-corrected chi connectivity index (χ0v) is 77.3. The van der Waals surface area contributed by atoms with Crippen LogP contribution in [0.25, 0.3) is 0 Å². The van der Waals surface area contributed by atoms with E-state index in [0.29, 0.717) is 109 Å². The molecule has 128 heavy (non-hydrogen) atoms. The van der Waals surface area contributed by atoms with Gasteiger partial charge in [-0.1, -0.05) is 107 Å². The van der Waals surface area contributed by atoms with Crippen LogP contribution in [0, 0.1) is 17.8 Å². The van der Waals surface area contributed by atoms with Crippen molar-refractivity contribution in [1.82, 2.24) is 35.6 Å². The van der Waals surface area contributed by atoms with Crippen molar-refractivity contribution in [2.45, 2.75) is 202 Å². The summed E-state index contributed by atoms with van der Waals surface area (Å²) in [5.41, 5.74) is 11.9. The Kier molecular flexibility index (Phi) is 35.0. The first-order chi connectivity index (χ1) is 61.4. The topological polar surface area (TPSA) is 274 Å². The highest BCUT2D eigenvalue weighted by molar-refractivity contribution is 6.33. The molecule has 11 aliphatic rings. The molecule has 11 atom stereocenters. The number of halogens is 7. The zero-order valence-electron chi connectivity index (χ0n) is 72.0. The third-order valence-corrected chi connectivity index (χ3v) is 27.9. The predicted molar refractivity (Wildman–Crippen MR) is 510 cm³/mol. The molecule has 0 radical (unpaired) electrons. The molecule has 7 saturated heterocycles. The number of likely N-dealkylation sites (tertiary alicyclic amines) is 4. The van der Waals surface area contributed by atoms with Crippen molar-refractivity contribution in [3.63, 3.8) is 0 Å². The second-order valence-electron chi connectivity index (χ2n) is 36.2. The lowest BCUT2D eigenvalue weighted by molar-refractivity contribution is -0.127. The minimum Gasteiger partial charge on any atom is -0.504 e. The normalized spacial score (nSPS) is 22.0. The van der Waals surface area contributed by atoms with Crippen LogP contribution in [-0.2, 0) is 14.4 Å². The van der Waals surface area contributed by atoms with Crippen molar-refractivity contribution in [2.24, 2.45) is 23.5 Å². The number of carbonyl (C=O) groups is 3. The Bertz CT molecular complexity index is 4580. The Morgan fingerprint density at radius 1 is 0.344 bits per heavy atom. The fourth-order valence-corrected chi connectivity index (χ4v) is 19.3. The van der Waals surface area contributed by atoms with Gasteiger partial charge in [-0.3, -0.25) is 14.4 Å². The van der Waals surface area contributed by atoms with Crippen molar-refractivity contribution in [1.29, 1.82) is 0 Å². The molecule has 23 nitrogen and oxygen atoms in total. The molecule has 7 heterocycles. The maximum absolute atomic E-state index is 13.3. The number of benzene rings is 7. The van der Waals surface area contributed by atoms with E-state index in [1.54, 1.807) is 24.3 Å². The average Bonchev–Trinajstić information content (AvgIpc) is 1.10. The first-order valence-corrected chi connectivity index (χ1v) is 48.4. The number of nitrogens with two attached hydrogens (primary N) is 1. The molecule has 4 saturated carbocycles. The summed E-state index contributed by atoms with van der Waals surface area (Å²) in [4.78, 5) is 55.8. The fraction of sp³-hybridized carbons (Fsp3) is 0.541. The number of ether oxygens (including phenoxy) is 4. The number of nitrogens with one attached hydrogen (secondary N) is 3. The fourth-order valence-electron chi connectivity index (χ4n) is 17.9. The van der Waals surface area contributed by atoms with E-state index in [2.05, 4.69) is 50.2 Å². The van der Waals surface area contributed by atoms with Crippen molar-refractivity contribution >= 4 is 116 Å². The highest BCUT2D eigenvalue weighted by Crippen LogP contribution is 2.44. The Labute approximate surface area is 789 Å². The Balaban J connectivity index is 0.000000140. The maximum atomic E-state index is 13.3. The molecule has 694 valence electrons. The summed E-state index contributed by atoms with van der Waals surface area (Å²) in [6, 6.07) is 40.9. The summed E-state index contributed by atoms with van der Waals surface area (Å²) in [6.07, 6.45) is 17.3. The van der Waals surface area contributed by atoms with Crippen LogP contribution in [0.4, 0.5) is 17.1 Å². The zero-order chi connectivity index (χ0) is 88.8. The van der Waals surface area contributed by atoms with E-state index in [-0.39, 0.29) is 83.8 Å². The van der Waals surface area contributed by atoms with Gasteiger partial charge in [0.05, 0.1) is 86.5 Å². The number of carbonyl (C=O) groups excluding carboxylic acids is 3. The Morgan fingerprint density at radius 3 is 0.906 bits per heavy atom. The monoisotopic (exact) mass is 1890 g/mol. The molecule has 7 aromatic rings. The van der Waals surface area contributed by atoms with E-state index in [1.807, 2.05) is 109 Å². The molecule has 3 amide bonds. The quantitative estimate of drug-likeness (QED) is 0.0185. The molecule has 7 aromatic carbocycles. The van der Waals surface area contributed by atoms with Crippen LogP contribution in [0.5, 0.6) is 28.7 Å². The van der Waals surface area contributed by atoms with Gasteiger partial charge < -0.3 is 100 Å².